The first-order valence-electron chi connectivity index (χ1n) is 7.25. The van der Waals surface area contributed by atoms with E-state index in [-0.39, 0.29) is 0 Å². The van der Waals surface area contributed by atoms with Crippen LogP contribution < -0.4 is 10.5 Å². The molecule has 0 saturated carbocycles. The predicted octanol–water partition coefficient (Wildman–Crippen LogP) is 2.89. The summed E-state index contributed by atoms with van der Waals surface area (Å²) in [5.74, 6) is 2.69. The summed E-state index contributed by atoms with van der Waals surface area (Å²) in [7, 11) is 1.63. The van der Waals surface area contributed by atoms with Gasteiger partial charge in [0.05, 0.1) is 12.8 Å². The lowest BCUT2D eigenvalue weighted by Gasteiger charge is -2.08. The summed E-state index contributed by atoms with van der Waals surface area (Å²) >= 11 is 1.72. The molecule has 0 fully saturated rings. The van der Waals surface area contributed by atoms with Crippen LogP contribution in [-0.4, -0.2) is 21.9 Å². The van der Waals surface area contributed by atoms with E-state index in [1.165, 1.54) is 24.8 Å². The fraction of sp³-hybridized carbons (Fsp3) is 0.467. The molecule has 0 saturated heterocycles. The van der Waals surface area contributed by atoms with Crippen molar-refractivity contribution in [2.45, 2.75) is 43.1 Å². The van der Waals surface area contributed by atoms with Gasteiger partial charge in [0.15, 0.2) is 5.16 Å². The van der Waals surface area contributed by atoms with E-state index in [1.54, 1.807) is 18.9 Å². The van der Waals surface area contributed by atoms with Crippen molar-refractivity contribution in [3.05, 3.63) is 29.6 Å². The van der Waals surface area contributed by atoms with Gasteiger partial charge in [-0.3, -0.25) is 0 Å². The number of aromatic nitrogens is 3. The van der Waals surface area contributed by atoms with Crippen LogP contribution in [0.25, 0.3) is 0 Å². The third-order valence-electron chi connectivity index (χ3n) is 3.74. The Morgan fingerprint density at radius 1 is 1.29 bits per heavy atom. The van der Waals surface area contributed by atoms with E-state index in [2.05, 4.69) is 14.8 Å². The van der Waals surface area contributed by atoms with Crippen LogP contribution in [0, 0.1) is 0 Å². The first kappa shape index (κ1) is 14.3. The molecule has 6 heteroatoms. The highest BCUT2D eigenvalue weighted by Crippen LogP contribution is 2.28. The molecule has 0 radical (unpaired) electrons. The van der Waals surface area contributed by atoms with Crippen molar-refractivity contribution in [1.29, 1.82) is 0 Å². The summed E-state index contributed by atoms with van der Waals surface area (Å²) in [6.07, 6.45) is 4.76. The minimum absolute atomic E-state index is 0.677. The Morgan fingerprint density at radius 2 is 2.19 bits per heavy atom. The number of methoxy groups -OCH3 is 1. The Kier molecular flexibility index (Phi) is 4.34. The van der Waals surface area contributed by atoms with Gasteiger partial charge in [-0.2, -0.15) is 0 Å². The molecule has 0 spiro atoms. The Balaban J connectivity index is 1.70. The van der Waals surface area contributed by atoms with E-state index >= 15 is 0 Å². The standard InChI is InChI=1S/C15H20N4OS/c1-20-13-7-6-11(9-12(13)16)10-21-15-18-17-14-5-3-2-4-8-19(14)15/h6-7,9H,2-5,8,10,16H2,1H3. The minimum atomic E-state index is 0.677. The van der Waals surface area contributed by atoms with Crippen LogP contribution in [-0.2, 0) is 18.7 Å². The quantitative estimate of drug-likeness (QED) is 0.695. The van der Waals surface area contributed by atoms with Crippen LogP contribution in [0.2, 0.25) is 0 Å². The highest BCUT2D eigenvalue weighted by molar-refractivity contribution is 7.98. The first-order valence-corrected chi connectivity index (χ1v) is 8.24. The maximum Gasteiger partial charge on any atom is 0.191 e. The summed E-state index contributed by atoms with van der Waals surface area (Å²) in [6, 6.07) is 5.92. The number of nitrogens with two attached hydrogens (primary N) is 1. The molecular weight excluding hydrogens is 284 g/mol. The van der Waals surface area contributed by atoms with Gasteiger partial charge in [0.25, 0.3) is 0 Å². The van der Waals surface area contributed by atoms with Crippen molar-refractivity contribution >= 4 is 17.4 Å². The van der Waals surface area contributed by atoms with E-state index in [1.807, 2.05) is 18.2 Å². The van der Waals surface area contributed by atoms with Gasteiger partial charge >= 0.3 is 0 Å². The Hall–Kier alpha value is -1.69. The fourth-order valence-electron chi connectivity index (χ4n) is 2.59. The van der Waals surface area contributed by atoms with Crippen LogP contribution in [0.3, 0.4) is 0 Å². The molecule has 1 aliphatic rings. The number of thioether (sulfide) groups is 1. The number of benzene rings is 1. The fourth-order valence-corrected chi connectivity index (χ4v) is 3.51. The van der Waals surface area contributed by atoms with Gasteiger partial charge in [-0.1, -0.05) is 24.2 Å². The van der Waals surface area contributed by atoms with Crippen molar-refractivity contribution in [1.82, 2.24) is 14.8 Å². The first-order chi connectivity index (χ1) is 10.3. The SMILES string of the molecule is COc1ccc(CSc2nnc3n2CCCCC3)cc1N. The average Bonchev–Trinajstić information content (AvgIpc) is 2.72. The lowest BCUT2D eigenvalue weighted by atomic mass is 10.2. The Morgan fingerprint density at radius 3 is 3.00 bits per heavy atom. The zero-order chi connectivity index (χ0) is 14.7. The highest BCUT2D eigenvalue weighted by atomic mass is 32.2. The molecule has 1 aliphatic heterocycles. The summed E-state index contributed by atoms with van der Waals surface area (Å²) in [5, 5.41) is 9.67. The summed E-state index contributed by atoms with van der Waals surface area (Å²) in [6.45, 7) is 1.04. The molecule has 112 valence electrons. The molecule has 0 atom stereocenters. The number of hydrogen-bond acceptors (Lipinski definition) is 5. The average molecular weight is 304 g/mol. The van der Waals surface area contributed by atoms with Crippen molar-refractivity contribution in [3.8, 4) is 5.75 Å². The van der Waals surface area contributed by atoms with E-state index in [0.717, 1.165) is 35.4 Å². The van der Waals surface area contributed by atoms with Gasteiger partial charge in [-0.15, -0.1) is 10.2 Å². The van der Waals surface area contributed by atoms with E-state index in [4.69, 9.17) is 10.5 Å². The number of rotatable bonds is 4. The number of hydrogen-bond donors (Lipinski definition) is 1. The van der Waals surface area contributed by atoms with Crippen LogP contribution in [0.4, 0.5) is 5.69 Å². The van der Waals surface area contributed by atoms with Gasteiger partial charge in [0.2, 0.25) is 0 Å². The molecule has 21 heavy (non-hydrogen) atoms. The zero-order valence-electron chi connectivity index (χ0n) is 12.2. The zero-order valence-corrected chi connectivity index (χ0v) is 13.0. The Labute approximate surface area is 128 Å². The van der Waals surface area contributed by atoms with Crippen molar-refractivity contribution in [3.63, 3.8) is 0 Å². The van der Waals surface area contributed by atoms with Crippen molar-refractivity contribution in [2.24, 2.45) is 0 Å². The second kappa shape index (κ2) is 6.39. The maximum absolute atomic E-state index is 5.94. The van der Waals surface area contributed by atoms with Crippen LogP contribution >= 0.6 is 11.8 Å². The molecule has 0 amide bonds. The highest BCUT2D eigenvalue weighted by Gasteiger charge is 2.15. The normalized spacial score (nSPS) is 14.5. The van der Waals surface area contributed by atoms with Gasteiger partial charge in [0.1, 0.15) is 11.6 Å². The van der Waals surface area contributed by atoms with Crippen molar-refractivity contribution in [2.75, 3.05) is 12.8 Å². The van der Waals surface area contributed by atoms with Gasteiger partial charge in [-0.05, 0) is 30.5 Å². The number of aryl methyl sites for hydroxylation is 1. The molecular formula is C15H20N4OS. The number of nitrogens with zero attached hydrogens (tertiary/aromatic N) is 3. The second-order valence-corrected chi connectivity index (χ2v) is 6.17. The van der Waals surface area contributed by atoms with Crippen LogP contribution in [0.5, 0.6) is 5.75 Å². The third kappa shape index (κ3) is 3.15. The topological polar surface area (TPSA) is 66.0 Å². The molecule has 0 unspecified atom stereocenters. The number of ether oxygens (including phenoxy) is 1. The smallest absolute Gasteiger partial charge is 0.191 e. The Bertz CT molecular complexity index is 626. The maximum atomic E-state index is 5.94. The van der Waals surface area contributed by atoms with E-state index < -0.39 is 0 Å². The molecule has 0 aliphatic carbocycles. The second-order valence-electron chi connectivity index (χ2n) is 5.23. The third-order valence-corrected chi connectivity index (χ3v) is 4.78. The summed E-state index contributed by atoms with van der Waals surface area (Å²) in [5.41, 5.74) is 7.79. The monoisotopic (exact) mass is 304 g/mol. The van der Waals surface area contributed by atoms with Crippen molar-refractivity contribution < 1.29 is 4.74 Å². The molecule has 2 N–H and O–H groups in total. The summed E-state index contributed by atoms with van der Waals surface area (Å²) < 4.78 is 7.45. The molecule has 3 rings (SSSR count). The molecule has 0 bridgehead atoms. The molecule has 2 heterocycles. The molecule has 2 aromatic rings. The lowest BCUT2D eigenvalue weighted by Crippen LogP contribution is -2.02. The number of anilines is 1. The van der Waals surface area contributed by atoms with Crippen LogP contribution in [0.15, 0.2) is 23.4 Å². The van der Waals surface area contributed by atoms with Crippen LogP contribution in [0.1, 0.15) is 30.7 Å². The summed E-state index contributed by atoms with van der Waals surface area (Å²) in [4.78, 5) is 0. The molecule has 1 aromatic heterocycles. The number of fused-ring (bicyclic) bond motifs is 1. The van der Waals surface area contributed by atoms with Gasteiger partial charge < -0.3 is 15.0 Å². The largest absolute Gasteiger partial charge is 0.495 e. The number of nitrogen functional groups attached to an aromatic ring is 1. The molecule has 1 aromatic carbocycles. The van der Waals surface area contributed by atoms with E-state index in [9.17, 15) is 0 Å². The lowest BCUT2D eigenvalue weighted by molar-refractivity contribution is 0.417. The minimum Gasteiger partial charge on any atom is -0.495 e. The van der Waals surface area contributed by atoms with Gasteiger partial charge in [-0.25, -0.2) is 0 Å². The van der Waals surface area contributed by atoms with Gasteiger partial charge in [0, 0.05) is 18.7 Å². The van der Waals surface area contributed by atoms with E-state index in [0.29, 0.717) is 5.69 Å². The predicted molar refractivity (Wildman–Crippen MR) is 84.5 cm³/mol. The molecule has 5 nitrogen and oxygen atoms in total.